The quantitative estimate of drug-likeness (QED) is 0.284. The summed E-state index contributed by atoms with van der Waals surface area (Å²) in [6.07, 6.45) is 6.19. The number of fused-ring (bicyclic) bond motifs is 1. The maximum absolute atomic E-state index is 6.45. The molecule has 3 heterocycles. The third-order valence-electron chi connectivity index (χ3n) is 6.78. The summed E-state index contributed by atoms with van der Waals surface area (Å²) in [7, 11) is 0. The number of hydrogen-bond donors (Lipinski definition) is 2. The number of nitrogens with two attached hydrogens (primary N) is 1. The number of pyridine rings is 2. The van der Waals surface area contributed by atoms with Crippen LogP contribution >= 0.6 is 0 Å². The third-order valence-corrected chi connectivity index (χ3v) is 6.78. The maximum atomic E-state index is 6.45. The van der Waals surface area contributed by atoms with E-state index in [4.69, 9.17) is 20.7 Å². The summed E-state index contributed by atoms with van der Waals surface area (Å²) >= 11 is 0. The molecule has 0 saturated heterocycles. The molecule has 0 spiro atoms. The van der Waals surface area contributed by atoms with Crippen LogP contribution in [0.15, 0.2) is 85.2 Å². The molecule has 0 amide bonds. The van der Waals surface area contributed by atoms with Crippen molar-refractivity contribution in [3.63, 3.8) is 0 Å². The van der Waals surface area contributed by atoms with Crippen molar-refractivity contribution in [3.05, 3.63) is 96.4 Å². The summed E-state index contributed by atoms with van der Waals surface area (Å²) in [6.45, 7) is 2.86. The Morgan fingerprint density at radius 1 is 0.861 bits per heavy atom. The van der Waals surface area contributed by atoms with E-state index >= 15 is 0 Å². The third kappa shape index (κ3) is 4.38. The van der Waals surface area contributed by atoms with E-state index in [9.17, 15) is 0 Å². The highest BCUT2D eigenvalue weighted by Gasteiger charge is 2.28. The minimum absolute atomic E-state index is 0.215. The van der Waals surface area contributed by atoms with Gasteiger partial charge < -0.3 is 11.1 Å². The van der Waals surface area contributed by atoms with E-state index in [2.05, 4.69) is 35.4 Å². The Morgan fingerprint density at radius 2 is 1.64 bits per heavy atom. The molecule has 36 heavy (non-hydrogen) atoms. The van der Waals surface area contributed by atoms with Gasteiger partial charge in [-0.2, -0.15) is 0 Å². The van der Waals surface area contributed by atoms with Crippen LogP contribution in [0.25, 0.3) is 33.4 Å². The van der Waals surface area contributed by atoms with E-state index < -0.39 is 0 Å². The molecule has 178 valence electrons. The van der Waals surface area contributed by atoms with Gasteiger partial charge in [-0.15, -0.1) is 0 Å². The van der Waals surface area contributed by atoms with Crippen molar-refractivity contribution in [2.24, 2.45) is 0 Å². The Labute approximate surface area is 210 Å². The van der Waals surface area contributed by atoms with E-state index in [1.54, 1.807) is 6.20 Å². The molecule has 3 aromatic heterocycles. The Kier molecular flexibility index (Phi) is 5.77. The predicted octanol–water partition coefficient (Wildman–Crippen LogP) is 6.43. The molecule has 1 saturated carbocycles. The van der Waals surface area contributed by atoms with E-state index in [1.165, 1.54) is 18.4 Å². The van der Waals surface area contributed by atoms with Gasteiger partial charge >= 0.3 is 0 Å². The first kappa shape index (κ1) is 22.2. The number of aromatic nitrogens is 4. The second kappa shape index (κ2) is 9.38. The zero-order valence-electron chi connectivity index (χ0n) is 20.2. The lowest BCUT2D eigenvalue weighted by atomic mass is 9.99. The smallest absolute Gasteiger partial charge is 0.169 e. The topological polar surface area (TPSA) is 89.6 Å². The maximum Gasteiger partial charge on any atom is 0.169 e. The number of nitrogens with zero attached hydrogens (tertiary/aromatic N) is 4. The zero-order valence-corrected chi connectivity index (χ0v) is 20.2. The van der Waals surface area contributed by atoms with Crippen LogP contribution in [0.2, 0.25) is 0 Å². The van der Waals surface area contributed by atoms with Gasteiger partial charge in [0, 0.05) is 47.1 Å². The first-order chi connectivity index (χ1) is 17.7. The summed E-state index contributed by atoms with van der Waals surface area (Å²) in [4.78, 5) is 19.0. The molecule has 6 heteroatoms. The van der Waals surface area contributed by atoms with Gasteiger partial charge in [-0.1, -0.05) is 55.5 Å². The summed E-state index contributed by atoms with van der Waals surface area (Å²) in [6, 6.07) is 24.5. The van der Waals surface area contributed by atoms with Crippen LogP contribution in [0, 0.1) is 0 Å². The lowest BCUT2D eigenvalue weighted by Crippen LogP contribution is -2.16. The molecule has 5 aromatic rings. The van der Waals surface area contributed by atoms with Crippen molar-refractivity contribution in [2.45, 2.75) is 31.6 Å². The normalized spacial score (nSPS) is 14.0. The summed E-state index contributed by atoms with van der Waals surface area (Å²) in [5, 5.41) is 4.53. The van der Waals surface area contributed by atoms with Gasteiger partial charge in [-0.25, -0.2) is 9.97 Å². The average Bonchev–Trinajstić information content (AvgIpc) is 3.78. The van der Waals surface area contributed by atoms with E-state index in [1.807, 2.05) is 60.8 Å². The van der Waals surface area contributed by atoms with Gasteiger partial charge in [0.15, 0.2) is 11.6 Å². The lowest BCUT2D eigenvalue weighted by molar-refractivity contribution is 0.751. The van der Waals surface area contributed by atoms with Gasteiger partial charge in [0.1, 0.15) is 0 Å². The first-order valence-corrected chi connectivity index (χ1v) is 12.4. The van der Waals surface area contributed by atoms with Gasteiger partial charge in [0.25, 0.3) is 0 Å². The number of anilines is 2. The Balaban J connectivity index is 1.37. The molecule has 0 bridgehead atoms. The van der Waals surface area contributed by atoms with Crippen molar-refractivity contribution in [1.29, 1.82) is 0 Å². The second-order valence-corrected chi connectivity index (χ2v) is 9.47. The van der Waals surface area contributed by atoms with Crippen LogP contribution in [0.4, 0.5) is 11.6 Å². The summed E-state index contributed by atoms with van der Waals surface area (Å²) in [5.74, 6) is 1.84. The van der Waals surface area contributed by atoms with Gasteiger partial charge in [0.2, 0.25) is 0 Å². The minimum Gasteiger partial charge on any atom is -0.381 e. The van der Waals surface area contributed by atoms with Crippen LogP contribution in [-0.4, -0.2) is 26.5 Å². The van der Waals surface area contributed by atoms with Gasteiger partial charge in [0.05, 0.1) is 16.9 Å². The van der Waals surface area contributed by atoms with E-state index in [0.29, 0.717) is 24.1 Å². The fourth-order valence-electron chi connectivity index (χ4n) is 4.73. The van der Waals surface area contributed by atoms with Gasteiger partial charge in [-0.05, 0) is 48.6 Å². The Morgan fingerprint density at radius 3 is 2.47 bits per heavy atom. The molecule has 6 rings (SSSR count). The second-order valence-electron chi connectivity index (χ2n) is 9.47. The molecule has 3 N–H and O–H groups in total. The summed E-state index contributed by atoms with van der Waals surface area (Å²) < 4.78 is 0. The van der Waals surface area contributed by atoms with Crippen molar-refractivity contribution in [2.75, 3.05) is 17.6 Å². The monoisotopic (exact) mass is 472 g/mol. The Bertz CT molecular complexity index is 1530. The largest absolute Gasteiger partial charge is 0.381 e. The number of benzene rings is 2. The molecule has 1 atom stereocenters. The number of nitrogen functional groups attached to an aromatic ring is 1. The fourth-order valence-corrected chi connectivity index (χ4v) is 4.73. The van der Waals surface area contributed by atoms with Crippen molar-refractivity contribution >= 4 is 22.5 Å². The molecule has 2 aromatic carbocycles. The zero-order chi connectivity index (χ0) is 24.5. The molecule has 1 aliphatic carbocycles. The predicted molar refractivity (Wildman–Crippen MR) is 146 cm³/mol. The van der Waals surface area contributed by atoms with Crippen molar-refractivity contribution in [1.82, 2.24) is 19.9 Å². The number of nitrogens with one attached hydrogen (secondary N) is 1. The van der Waals surface area contributed by atoms with Crippen molar-refractivity contribution in [3.8, 4) is 22.5 Å². The first-order valence-electron chi connectivity index (χ1n) is 12.4. The minimum atomic E-state index is 0.215. The average molecular weight is 473 g/mol. The molecular formula is C30H28N6. The SMILES string of the molecule is CC(CNc1nc(-c2ccc3ncccc3c2)c(-c2ccccc2)nc1N)c1ncccc1C1CC1. The molecule has 6 nitrogen and oxygen atoms in total. The van der Waals surface area contributed by atoms with Crippen LogP contribution in [0.5, 0.6) is 0 Å². The molecular weight excluding hydrogens is 444 g/mol. The highest BCUT2D eigenvalue weighted by molar-refractivity contribution is 5.88. The van der Waals surface area contributed by atoms with E-state index in [-0.39, 0.29) is 5.92 Å². The van der Waals surface area contributed by atoms with Crippen LogP contribution in [0.3, 0.4) is 0 Å². The molecule has 1 fully saturated rings. The number of hydrogen-bond acceptors (Lipinski definition) is 6. The van der Waals surface area contributed by atoms with Crippen LogP contribution in [0.1, 0.15) is 42.9 Å². The fraction of sp³-hybridized carbons (Fsp3) is 0.200. The van der Waals surface area contributed by atoms with Crippen molar-refractivity contribution < 1.29 is 0 Å². The lowest BCUT2D eigenvalue weighted by Gasteiger charge is -2.18. The Hall–Kier alpha value is -4.32. The van der Waals surface area contributed by atoms with Gasteiger partial charge in [-0.3, -0.25) is 9.97 Å². The molecule has 1 unspecified atom stereocenters. The number of rotatable bonds is 7. The summed E-state index contributed by atoms with van der Waals surface area (Å²) in [5.41, 5.74) is 13.4. The molecule has 0 radical (unpaired) electrons. The highest BCUT2D eigenvalue weighted by atomic mass is 15.1. The molecule has 1 aliphatic rings. The van der Waals surface area contributed by atoms with E-state index in [0.717, 1.165) is 39.1 Å². The highest BCUT2D eigenvalue weighted by Crippen LogP contribution is 2.42. The molecule has 0 aliphatic heterocycles. The van der Waals surface area contributed by atoms with Crippen LogP contribution < -0.4 is 11.1 Å². The standard InChI is InChI=1S/C30H28N6/c1-19(26-24(20-11-12-20)10-6-16-33-26)18-34-30-29(31)35-27(21-7-3-2-4-8-21)28(36-30)23-13-14-25-22(17-23)9-5-15-32-25/h2-10,13-17,19-20H,11-12,18H2,1H3,(H2,31,35)(H,34,36). The van der Waals surface area contributed by atoms with Crippen LogP contribution in [-0.2, 0) is 0 Å².